The second-order valence-corrected chi connectivity index (χ2v) is 5.83. The van der Waals surface area contributed by atoms with Gasteiger partial charge in [-0.05, 0) is 17.8 Å². The summed E-state index contributed by atoms with van der Waals surface area (Å²) in [6.45, 7) is 1.92. The molecule has 0 atom stereocenters. The standard InChI is InChI=1S/C15H13BN4S/c1-9(17)20-13(18)8-19-14(10-5-3-2-4-6-10)11-7-12(16)21-15(11)20/h2-7,17-18H,8H2,1H3. The smallest absolute Gasteiger partial charge is 0.129 e. The fourth-order valence-corrected chi connectivity index (χ4v) is 3.37. The summed E-state index contributed by atoms with van der Waals surface area (Å²) < 4.78 is 0.657. The van der Waals surface area contributed by atoms with Crippen LogP contribution in [-0.4, -0.2) is 31.8 Å². The molecule has 0 amide bonds. The van der Waals surface area contributed by atoms with E-state index in [1.165, 1.54) is 11.3 Å². The SMILES string of the molecule is [B]c1cc2c(s1)N(C(C)=N)C(=N)CN=C2c1ccccc1. The van der Waals surface area contributed by atoms with E-state index >= 15 is 0 Å². The van der Waals surface area contributed by atoms with Crippen LogP contribution >= 0.6 is 11.3 Å². The van der Waals surface area contributed by atoms with Crippen molar-refractivity contribution in [3.05, 3.63) is 47.5 Å². The molecule has 2 heterocycles. The van der Waals surface area contributed by atoms with Gasteiger partial charge in [-0.1, -0.05) is 30.3 Å². The number of aliphatic imine (C=N–C) groups is 1. The van der Waals surface area contributed by atoms with Crippen LogP contribution in [0.25, 0.3) is 0 Å². The molecule has 4 nitrogen and oxygen atoms in total. The highest BCUT2D eigenvalue weighted by Gasteiger charge is 2.26. The minimum atomic E-state index is 0.252. The number of nitrogens with one attached hydrogen (secondary N) is 2. The number of hydrogen-bond donors (Lipinski definition) is 2. The van der Waals surface area contributed by atoms with Crippen molar-refractivity contribution >= 4 is 46.3 Å². The third-order valence-corrected chi connectivity index (χ3v) is 4.18. The number of nitrogens with zero attached hydrogens (tertiary/aromatic N) is 2. The van der Waals surface area contributed by atoms with Gasteiger partial charge in [-0.25, -0.2) is 0 Å². The lowest BCUT2D eigenvalue weighted by atomic mass is 10.0. The second-order valence-electron chi connectivity index (χ2n) is 4.77. The van der Waals surface area contributed by atoms with Gasteiger partial charge in [-0.15, -0.1) is 11.3 Å². The zero-order chi connectivity index (χ0) is 15.0. The van der Waals surface area contributed by atoms with Crippen molar-refractivity contribution < 1.29 is 0 Å². The van der Waals surface area contributed by atoms with Crippen LogP contribution in [0, 0.1) is 10.8 Å². The number of amidine groups is 2. The highest BCUT2D eigenvalue weighted by atomic mass is 32.1. The summed E-state index contributed by atoms with van der Waals surface area (Å²) in [7, 11) is 5.95. The van der Waals surface area contributed by atoms with Crippen molar-refractivity contribution in [2.75, 3.05) is 11.4 Å². The Balaban J connectivity index is 2.21. The van der Waals surface area contributed by atoms with Crippen LogP contribution in [-0.2, 0) is 0 Å². The maximum atomic E-state index is 8.15. The van der Waals surface area contributed by atoms with Crippen LogP contribution in [0.5, 0.6) is 0 Å². The van der Waals surface area contributed by atoms with E-state index in [1.807, 2.05) is 36.4 Å². The van der Waals surface area contributed by atoms with Gasteiger partial charge in [0.05, 0.1) is 12.3 Å². The number of fused-ring (bicyclic) bond motifs is 1. The van der Waals surface area contributed by atoms with Gasteiger partial charge in [0.15, 0.2) is 0 Å². The molecule has 3 rings (SSSR count). The van der Waals surface area contributed by atoms with Crippen LogP contribution < -0.4 is 9.68 Å². The molecule has 1 aliphatic rings. The van der Waals surface area contributed by atoms with Crippen LogP contribution in [0.4, 0.5) is 5.00 Å². The lowest BCUT2D eigenvalue weighted by Gasteiger charge is -2.20. The zero-order valence-electron chi connectivity index (χ0n) is 11.6. The third kappa shape index (κ3) is 2.42. The second kappa shape index (κ2) is 5.29. The summed E-state index contributed by atoms with van der Waals surface area (Å²) in [4.78, 5) is 6.17. The quantitative estimate of drug-likeness (QED) is 0.472. The lowest BCUT2D eigenvalue weighted by Crippen LogP contribution is -2.35. The predicted octanol–water partition coefficient (Wildman–Crippen LogP) is 2.17. The topological polar surface area (TPSA) is 63.3 Å². The summed E-state index contributed by atoms with van der Waals surface area (Å²) in [6, 6.07) is 11.7. The molecular weight excluding hydrogens is 279 g/mol. The Morgan fingerprint density at radius 1 is 1.33 bits per heavy atom. The average Bonchev–Trinajstić information content (AvgIpc) is 2.75. The molecule has 0 saturated heterocycles. The van der Waals surface area contributed by atoms with Crippen molar-refractivity contribution in [1.29, 1.82) is 10.8 Å². The molecule has 2 aromatic rings. The van der Waals surface area contributed by atoms with Gasteiger partial charge < -0.3 is 0 Å². The summed E-state index contributed by atoms with van der Waals surface area (Å²) >= 11 is 1.38. The van der Waals surface area contributed by atoms with E-state index in [0.29, 0.717) is 10.6 Å². The van der Waals surface area contributed by atoms with E-state index in [9.17, 15) is 0 Å². The number of benzene rings is 1. The van der Waals surface area contributed by atoms with E-state index in [0.717, 1.165) is 21.8 Å². The van der Waals surface area contributed by atoms with Gasteiger partial charge in [0, 0.05) is 11.1 Å². The predicted molar refractivity (Wildman–Crippen MR) is 90.3 cm³/mol. The maximum absolute atomic E-state index is 8.15. The summed E-state index contributed by atoms with van der Waals surface area (Å²) in [6.07, 6.45) is 0. The largest absolute Gasteiger partial charge is 0.288 e. The summed E-state index contributed by atoms with van der Waals surface area (Å²) in [5.74, 6) is 0.587. The van der Waals surface area contributed by atoms with Gasteiger partial charge in [0.1, 0.15) is 24.5 Å². The molecule has 0 saturated carbocycles. The fourth-order valence-electron chi connectivity index (χ4n) is 2.37. The molecule has 21 heavy (non-hydrogen) atoms. The van der Waals surface area contributed by atoms with E-state index in [-0.39, 0.29) is 12.4 Å². The van der Waals surface area contributed by atoms with Crippen LogP contribution in [0.1, 0.15) is 18.1 Å². The Kier molecular flexibility index (Phi) is 3.47. The molecule has 1 aromatic heterocycles. The Hall–Kier alpha value is -2.21. The molecule has 2 N–H and O–H groups in total. The Labute approximate surface area is 128 Å². The Morgan fingerprint density at radius 3 is 2.71 bits per heavy atom. The van der Waals surface area contributed by atoms with Crippen molar-refractivity contribution in [1.82, 2.24) is 0 Å². The van der Waals surface area contributed by atoms with Gasteiger partial charge in [-0.3, -0.25) is 20.7 Å². The van der Waals surface area contributed by atoms with Gasteiger partial charge in [0.2, 0.25) is 0 Å². The molecule has 2 radical (unpaired) electrons. The molecule has 0 aliphatic carbocycles. The molecule has 1 aromatic carbocycles. The van der Waals surface area contributed by atoms with Crippen molar-refractivity contribution in [3.8, 4) is 0 Å². The first-order chi connectivity index (χ1) is 10.1. The number of hydrogen-bond acceptors (Lipinski definition) is 4. The molecule has 102 valence electrons. The van der Waals surface area contributed by atoms with Crippen molar-refractivity contribution in [2.24, 2.45) is 4.99 Å². The highest BCUT2D eigenvalue weighted by Crippen LogP contribution is 2.31. The average molecular weight is 292 g/mol. The summed E-state index contributed by atoms with van der Waals surface area (Å²) in [5, 5.41) is 16.9. The first-order valence-corrected chi connectivity index (χ1v) is 7.32. The van der Waals surface area contributed by atoms with Crippen molar-refractivity contribution in [3.63, 3.8) is 0 Å². The third-order valence-electron chi connectivity index (χ3n) is 3.23. The maximum Gasteiger partial charge on any atom is 0.129 e. The molecular formula is C15H13BN4S. The first kappa shape index (κ1) is 13.8. The minimum Gasteiger partial charge on any atom is -0.288 e. The lowest BCUT2D eigenvalue weighted by molar-refractivity contribution is 1.20. The van der Waals surface area contributed by atoms with Gasteiger partial charge in [0.25, 0.3) is 0 Å². The zero-order valence-corrected chi connectivity index (χ0v) is 12.4. The van der Waals surface area contributed by atoms with Crippen molar-refractivity contribution in [2.45, 2.75) is 6.92 Å². The molecule has 0 spiro atoms. The van der Waals surface area contributed by atoms with Gasteiger partial charge in [-0.2, -0.15) is 0 Å². The molecule has 0 bridgehead atoms. The molecule has 1 aliphatic heterocycles. The van der Waals surface area contributed by atoms with Crippen LogP contribution in [0.15, 0.2) is 41.4 Å². The van der Waals surface area contributed by atoms with E-state index in [2.05, 4.69) is 4.99 Å². The number of thiophene rings is 1. The van der Waals surface area contributed by atoms with Crippen LogP contribution in [0.3, 0.4) is 0 Å². The van der Waals surface area contributed by atoms with E-state index < -0.39 is 0 Å². The molecule has 6 heteroatoms. The van der Waals surface area contributed by atoms with Gasteiger partial charge >= 0.3 is 0 Å². The molecule has 0 unspecified atom stereocenters. The monoisotopic (exact) mass is 292 g/mol. The number of rotatable bonds is 1. The fraction of sp³-hybridized carbons (Fsp3) is 0.133. The Morgan fingerprint density at radius 2 is 2.05 bits per heavy atom. The van der Waals surface area contributed by atoms with E-state index in [4.69, 9.17) is 18.7 Å². The molecule has 0 fully saturated rings. The van der Waals surface area contributed by atoms with Crippen LogP contribution in [0.2, 0.25) is 0 Å². The highest BCUT2D eigenvalue weighted by molar-refractivity contribution is 7.24. The minimum absolute atomic E-state index is 0.252. The first-order valence-electron chi connectivity index (χ1n) is 6.50. The summed E-state index contributed by atoms with van der Waals surface area (Å²) in [5.41, 5.74) is 2.71. The number of anilines is 1. The van der Waals surface area contributed by atoms with E-state index in [1.54, 1.807) is 11.8 Å². The normalized spacial score (nSPS) is 14.4. The Bertz CT molecular complexity index is 748.